The van der Waals surface area contributed by atoms with E-state index in [0.717, 1.165) is 10.5 Å². The van der Waals surface area contributed by atoms with Crippen LogP contribution in [-0.4, -0.2) is 44.3 Å². The van der Waals surface area contributed by atoms with E-state index in [1.807, 2.05) is 0 Å². The monoisotopic (exact) mass is 281 g/mol. The third-order valence-corrected chi connectivity index (χ3v) is 3.47. The third kappa shape index (κ3) is 3.42. The Labute approximate surface area is 114 Å². The Bertz CT molecular complexity index is 559. The van der Waals surface area contributed by atoms with Crippen LogP contribution in [0.1, 0.15) is 13.3 Å². The molecule has 0 saturated heterocycles. The molecule has 8 heteroatoms. The van der Waals surface area contributed by atoms with Crippen LogP contribution in [0.3, 0.4) is 0 Å². The lowest BCUT2D eigenvalue weighted by atomic mass is 10.2. The van der Waals surface area contributed by atoms with Gasteiger partial charge in [-0.25, -0.2) is 15.0 Å². The number of nitrogens with zero attached hydrogens (tertiary/aromatic N) is 3. The first-order valence-electron chi connectivity index (χ1n) is 5.91. The maximum absolute atomic E-state index is 11.4. The largest absolute Gasteiger partial charge is 0.465 e. The van der Waals surface area contributed by atoms with Crippen molar-refractivity contribution >= 4 is 28.9 Å². The molecule has 0 aromatic carbocycles. The average molecular weight is 281 g/mol. The van der Waals surface area contributed by atoms with Gasteiger partial charge in [0.25, 0.3) is 0 Å². The number of rotatable bonds is 6. The Kier molecular flexibility index (Phi) is 4.69. The van der Waals surface area contributed by atoms with Gasteiger partial charge in [0.1, 0.15) is 22.9 Å². The number of esters is 1. The number of H-pyrrole nitrogens is 1. The van der Waals surface area contributed by atoms with Gasteiger partial charge in [0.2, 0.25) is 0 Å². The van der Waals surface area contributed by atoms with Crippen LogP contribution in [0, 0.1) is 0 Å². The van der Waals surface area contributed by atoms with Gasteiger partial charge >= 0.3 is 5.97 Å². The van der Waals surface area contributed by atoms with Gasteiger partial charge in [-0.05, 0) is 13.3 Å². The van der Waals surface area contributed by atoms with Crippen LogP contribution in [0.4, 0.5) is 0 Å². The Morgan fingerprint density at radius 3 is 3.16 bits per heavy atom. The van der Waals surface area contributed by atoms with Crippen LogP contribution < -0.4 is 5.73 Å². The van der Waals surface area contributed by atoms with Gasteiger partial charge in [-0.3, -0.25) is 4.79 Å². The van der Waals surface area contributed by atoms with Crippen molar-refractivity contribution in [3.63, 3.8) is 0 Å². The van der Waals surface area contributed by atoms with Gasteiger partial charge in [0.05, 0.1) is 12.9 Å². The number of fused-ring (bicyclic) bond motifs is 1. The summed E-state index contributed by atoms with van der Waals surface area (Å²) in [5.41, 5.74) is 7.15. The van der Waals surface area contributed by atoms with Crippen molar-refractivity contribution < 1.29 is 9.53 Å². The van der Waals surface area contributed by atoms with Crippen molar-refractivity contribution in [3.8, 4) is 0 Å². The molecule has 1 atom stereocenters. The molecule has 0 spiro atoms. The van der Waals surface area contributed by atoms with Crippen molar-refractivity contribution in [1.29, 1.82) is 0 Å². The van der Waals surface area contributed by atoms with Crippen molar-refractivity contribution in [2.24, 2.45) is 5.73 Å². The molecule has 0 amide bonds. The predicted octanol–water partition coefficient (Wildman–Crippen LogP) is 0.725. The van der Waals surface area contributed by atoms with E-state index in [9.17, 15) is 4.79 Å². The number of hydrogen-bond donors (Lipinski definition) is 2. The number of carbonyl (C=O) groups is 1. The quantitative estimate of drug-likeness (QED) is 0.456. The summed E-state index contributed by atoms with van der Waals surface area (Å²) in [4.78, 5) is 26.6. The highest BCUT2D eigenvalue weighted by Crippen LogP contribution is 2.22. The van der Waals surface area contributed by atoms with Crippen LogP contribution in [0.25, 0.3) is 11.2 Å². The predicted molar refractivity (Wildman–Crippen MR) is 71.6 cm³/mol. The highest BCUT2D eigenvalue weighted by Gasteiger charge is 2.15. The van der Waals surface area contributed by atoms with E-state index in [1.165, 1.54) is 18.1 Å². The highest BCUT2D eigenvalue weighted by atomic mass is 32.2. The first kappa shape index (κ1) is 13.8. The molecule has 0 aliphatic carbocycles. The molecule has 2 heterocycles. The van der Waals surface area contributed by atoms with Crippen LogP contribution in [0.5, 0.6) is 0 Å². The molecule has 0 saturated carbocycles. The van der Waals surface area contributed by atoms with Crippen LogP contribution in [0.15, 0.2) is 17.7 Å². The van der Waals surface area contributed by atoms with Gasteiger partial charge in [-0.2, -0.15) is 0 Å². The molecule has 0 aliphatic heterocycles. The van der Waals surface area contributed by atoms with E-state index >= 15 is 0 Å². The first-order valence-corrected chi connectivity index (χ1v) is 6.90. The SMILES string of the molecule is CCOC(=O)C(N)CCSc1ncnc2nc[nH]c12. The van der Waals surface area contributed by atoms with E-state index in [-0.39, 0.29) is 5.97 Å². The molecule has 2 aromatic heterocycles. The minimum Gasteiger partial charge on any atom is -0.465 e. The lowest BCUT2D eigenvalue weighted by Crippen LogP contribution is -2.32. The molecule has 19 heavy (non-hydrogen) atoms. The lowest BCUT2D eigenvalue weighted by molar-refractivity contribution is -0.144. The van der Waals surface area contributed by atoms with Crippen molar-refractivity contribution in [2.75, 3.05) is 12.4 Å². The van der Waals surface area contributed by atoms with Crippen molar-refractivity contribution in [3.05, 3.63) is 12.7 Å². The first-order chi connectivity index (χ1) is 9.22. The van der Waals surface area contributed by atoms with Gasteiger partial charge in [0, 0.05) is 5.75 Å². The summed E-state index contributed by atoms with van der Waals surface area (Å²) in [6.07, 6.45) is 3.58. The Hall–Kier alpha value is -1.67. The van der Waals surface area contributed by atoms with E-state index in [4.69, 9.17) is 10.5 Å². The van der Waals surface area contributed by atoms with E-state index < -0.39 is 6.04 Å². The topological polar surface area (TPSA) is 107 Å². The zero-order valence-corrected chi connectivity index (χ0v) is 11.3. The summed E-state index contributed by atoms with van der Waals surface area (Å²) in [6.45, 7) is 2.11. The zero-order valence-electron chi connectivity index (χ0n) is 10.5. The number of aromatic amines is 1. The number of carbonyl (C=O) groups excluding carboxylic acids is 1. The number of imidazole rings is 1. The molecule has 2 aromatic rings. The maximum atomic E-state index is 11.4. The molecule has 0 aliphatic rings. The number of ether oxygens (including phenoxy) is 1. The second kappa shape index (κ2) is 6.48. The minimum absolute atomic E-state index is 0.348. The smallest absolute Gasteiger partial charge is 0.322 e. The Morgan fingerprint density at radius 2 is 2.37 bits per heavy atom. The second-order valence-corrected chi connectivity index (χ2v) is 4.86. The normalized spacial score (nSPS) is 12.5. The summed E-state index contributed by atoms with van der Waals surface area (Å²) in [5, 5.41) is 0.804. The summed E-state index contributed by atoms with van der Waals surface area (Å²) >= 11 is 1.51. The molecular weight excluding hydrogens is 266 g/mol. The fourth-order valence-corrected chi connectivity index (χ4v) is 2.48. The van der Waals surface area contributed by atoms with Gasteiger partial charge in [-0.1, -0.05) is 0 Å². The van der Waals surface area contributed by atoms with Crippen LogP contribution in [0.2, 0.25) is 0 Å². The zero-order chi connectivity index (χ0) is 13.7. The number of aromatic nitrogens is 4. The van der Waals surface area contributed by atoms with E-state index in [0.29, 0.717) is 24.4 Å². The number of thioether (sulfide) groups is 1. The Morgan fingerprint density at radius 1 is 1.53 bits per heavy atom. The molecular formula is C11H15N5O2S. The molecule has 3 N–H and O–H groups in total. The van der Waals surface area contributed by atoms with Gasteiger partial charge in [-0.15, -0.1) is 11.8 Å². The number of nitrogens with two attached hydrogens (primary N) is 1. The minimum atomic E-state index is -0.591. The third-order valence-electron chi connectivity index (χ3n) is 2.45. The number of hydrogen-bond acceptors (Lipinski definition) is 7. The average Bonchev–Trinajstić information content (AvgIpc) is 2.88. The molecule has 0 fully saturated rings. The van der Waals surface area contributed by atoms with Crippen molar-refractivity contribution in [2.45, 2.75) is 24.4 Å². The maximum Gasteiger partial charge on any atom is 0.322 e. The summed E-state index contributed by atoms with van der Waals surface area (Å²) in [7, 11) is 0. The Balaban J connectivity index is 1.89. The van der Waals surface area contributed by atoms with E-state index in [1.54, 1.807) is 13.3 Å². The standard InChI is InChI=1S/C11H15N5O2S/c1-2-18-11(17)7(12)3-4-19-10-8-9(14-5-13-8)15-6-16-10/h5-7H,2-4,12H2,1H3,(H,13,14,15,16). The molecule has 0 bridgehead atoms. The second-order valence-electron chi connectivity index (χ2n) is 3.78. The van der Waals surface area contributed by atoms with Gasteiger partial charge in [0.15, 0.2) is 5.65 Å². The fourth-order valence-electron chi connectivity index (χ4n) is 1.50. The van der Waals surface area contributed by atoms with Gasteiger partial charge < -0.3 is 15.5 Å². The van der Waals surface area contributed by atoms with Crippen molar-refractivity contribution in [1.82, 2.24) is 19.9 Å². The van der Waals surface area contributed by atoms with Crippen LogP contribution in [-0.2, 0) is 9.53 Å². The van der Waals surface area contributed by atoms with Crippen LogP contribution >= 0.6 is 11.8 Å². The number of nitrogens with one attached hydrogen (secondary N) is 1. The molecule has 0 radical (unpaired) electrons. The molecule has 2 rings (SSSR count). The summed E-state index contributed by atoms with van der Waals surface area (Å²) in [5.74, 6) is 0.308. The molecule has 7 nitrogen and oxygen atoms in total. The lowest BCUT2D eigenvalue weighted by Gasteiger charge is -2.09. The summed E-state index contributed by atoms with van der Waals surface area (Å²) < 4.78 is 4.85. The highest BCUT2D eigenvalue weighted by molar-refractivity contribution is 7.99. The molecule has 102 valence electrons. The fraction of sp³-hybridized carbons (Fsp3) is 0.455. The summed E-state index contributed by atoms with van der Waals surface area (Å²) in [6, 6.07) is -0.591. The molecule has 1 unspecified atom stereocenters. The van der Waals surface area contributed by atoms with E-state index in [2.05, 4.69) is 19.9 Å².